The molecule has 0 unspecified atom stereocenters. The molecule has 29 heavy (non-hydrogen) atoms. The lowest BCUT2D eigenvalue weighted by Crippen LogP contribution is -2.36. The zero-order valence-corrected chi connectivity index (χ0v) is 18.0. The predicted octanol–water partition coefficient (Wildman–Crippen LogP) is 4.96. The van der Waals surface area contributed by atoms with Crippen LogP contribution in [0.5, 0.6) is 11.6 Å². The third kappa shape index (κ3) is 4.78. The van der Waals surface area contributed by atoms with Crippen molar-refractivity contribution in [3.05, 3.63) is 30.3 Å². The maximum Gasteiger partial charge on any atom is 0.257 e. The van der Waals surface area contributed by atoms with Gasteiger partial charge in [-0.3, -0.25) is 0 Å². The number of ether oxygens (including phenoxy) is 3. The van der Waals surface area contributed by atoms with Gasteiger partial charge in [0.1, 0.15) is 11.4 Å². The monoisotopic (exact) mass is 415 g/mol. The average Bonchev–Trinajstić information content (AvgIpc) is 2.77. The molecule has 1 aromatic heterocycles. The summed E-state index contributed by atoms with van der Waals surface area (Å²) in [6, 6.07) is 10.1. The standard InChI is InChI=1S/C22H29N3O3S/c1-26-21-20(25-29-2)15-19(23-24-21)16-4-3-5-18(14-16)28-17-6-8-22(9-7-17)10-12-27-13-11-22/h3-5,14-15,17H,6-13H2,1-2H3,(H,23,25). The molecule has 0 radical (unpaired) electrons. The second-order valence-corrected chi connectivity index (χ2v) is 8.53. The quantitative estimate of drug-likeness (QED) is 0.669. The van der Waals surface area contributed by atoms with Gasteiger partial charge in [0.05, 0.1) is 18.9 Å². The lowest BCUT2D eigenvalue weighted by atomic mass is 9.68. The molecule has 156 valence electrons. The highest BCUT2D eigenvalue weighted by atomic mass is 32.2. The molecule has 2 heterocycles. The topological polar surface area (TPSA) is 65.5 Å². The molecule has 1 aliphatic carbocycles. The summed E-state index contributed by atoms with van der Waals surface area (Å²) in [5.41, 5.74) is 3.08. The molecule has 6 nitrogen and oxygen atoms in total. The molecule has 0 atom stereocenters. The van der Waals surface area contributed by atoms with E-state index in [1.54, 1.807) is 7.11 Å². The van der Waals surface area contributed by atoms with Crippen LogP contribution >= 0.6 is 11.9 Å². The largest absolute Gasteiger partial charge is 0.490 e. The van der Waals surface area contributed by atoms with Gasteiger partial charge in [-0.25, -0.2) is 0 Å². The molecule has 2 aromatic rings. The molecule has 2 fully saturated rings. The highest BCUT2D eigenvalue weighted by Crippen LogP contribution is 2.45. The van der Waals surface area contributed by atoms with E-state index in [-0.39, 0.29) is 6.10 Å². The molecule has 0 amide bonds. The van der Waals surface area contributed by atoms with Crippen molar-refractivity contribution >= 4 is 17.6 Å². The van der Waals surface area contributed by atoms with Crippen LogP contribution < -0.4 is 14.2 Å². The lowest BCUT2D eigenvalue weighted by Gasteiger charge is -2.42. The minimum Gasteiger partial charge on any atom is -0.490 e. The summed E-state index contributed by atoms with van der Waals surface area (Å²) in [6.45, 7) is 1.84. The van der Waals surface area contributed by atoms with Gasteiger partial charge in [-0.1, -0.05) is 24.1 Å². The fourth-order valence-corrected chi connectivity index (χ4v) is 4.77. The summed E-state index contributed by atoms with van der Waals surface area (Å²) < 4.78 is 20.4. The van der Waals surface area contributed by atoms with Gasteiger partial charge >= 0.3 is 0 Å². The van der Waals surface area contributed by atoms with Crippen molar-refractivity contribution in [2.45, 2.75) is 44.6 Å². The summed E-state index contributed by atoms with van der Waals surface area (Å²) in [5.74, 6) is 1.38. The molecular formula is C22H29N3O3S. The van der Waals surface area contributed by atoms with E-state index >= 15 is 0 Å². The molecule has 1 aliphatic heterocycles. The lowest BCUT2D eigenvalue weighted by molar-refractivity contribution is -0.0236. The minimum absolute atomic E-state index is 0.286. The van der Waals surface area contributed by atoms with Gasteiger partial charge in [-0.2, -0.15) is 0 Å². The first-order valence-electron chi connectivity index (χ1n) is 10.3. The van der Waals surface area contributed by atoms with Crippen LogP contribution in [0.15, 0.2) is 30.3 Å². The second-order valence-electron chi connectivity index (χ2n) is 7.92. The summed E-state index contributed by atoms with van der Waals surface area (Å²) in [4.78, 5) is 0. The number of rotatable bonds is 6. The third-order valence-corrected chi connectivity index (χ3v) is 6.57. The van der Waals surface area contributed by atoms with E-state index in [9.17, 15) is 0 Å². The number of anilines is 1. The van der Waals surface area contributed by atoms with Crippen LogP contribution in [0.4, 0.5) is 5.69 Å². The fourth-order valence-electron chi connectivity index (χ4n) is 4.40. The van der Waals surface area contributed by atoms with Crippen LogP contribution in [0.25, 0.3) is 11.3 Å². The first-order chi connectivity index (χ1) is 14.2. The highest BCUT2D eigenvalue weighted by molar-refractivity contribution is 7.99. The van der Waals surface area contributed by atoms with Crippen molar-refractivity contribution in [1.29, 1.82) is 0 Å². The van der Waals surface area contributed by atoms with Crippen LogP contribution in [0.3, 0.4) is 0 Å². The normalized spacial score (nSPS) is 19.1. The number of hydrogen-bond acceptors (Lipinski definition) is 7. The molecular weight excluding hydrogens is 386 g/mol. The third-order valence-electron chi connectivity index (χ3n) is 6.14. The number of benzene rings is 1. The Morgan fingerprint density at radius 3 is 2.62 bits per heavy atom. The molecule has 2 aliphatic rings. The molecule has 0 bridgehead atoms. The number of methoxy groups -OCH3 is 1. The Labute approximate surface area is 176 Å². The first kappa shape index (κ1) is 20.3. The van der Waals surface area contributed by atoms with E-state index in [2.05, 4.69) is 21.0 Å². The van der Waals surface area contributed by atoms with E-state index in [4.69, 9.17) is 14.2 Å². The first-order valence-corrected chi connectivity index (χ1v) is 11.5. The van der Waals surface area contributed by atoms with Crippen molar-refractivity contribution in [2.75, 3.05) is 31.3 Å². The maximum atomic E-state index is 6.35. The molecule has 1 N–H and O–H groups in total. The Bertz CT molecular complexity index is 817. The zero-order chi connectivity index (χ0) is 20.1. The van der Waals surface area contributed by atoms with E-state index in [1.807, 2.05) is 30.5 Å². The Morgan fingerprint density at radius 2 is 1.90 bits per heavy atom. The number of nitrogens with zero attached hydrogens (tertiary/aromatic N) is 2. The number of aromatic nitrogens is 2. The zero-order valence-electron chi connectivity index (χ0n) is 17.1. The van der Waals surface area contributed by atoms with Gasteiger partial charge in [-0.15, -0.1) is 10.2 Å². The van der Waals surface area contributed by atoms with Crippen LogP contribution in [0.2, 0.25) is 0 Å². The molecule has 7 heteroatoms. The van der Waals surface area contributed by atoms with E-state index in [1.165, 1.54) is 37.6 Å². The Kier molecular flexibility index (Phi) is 6.45. The smallest absolute Gasteiger partial charge is 0.257 e. The molecule has 1 spiro atoms. The van der Waals surface area contributed by atoms with Crippen LogP contribution in [0, 0.1) is 5.41 Å². The molecule has 1 saturated heterocycles. The summed E-state index contributed by atoms with van der Waals surface area (Å²) in [6.07, 6.45) is 9.39. The van der Waals surface area contributed by atoms with Crippen molar-refractivity contribution in [3.8, 4) is 22.9 Å². The molecule has 1 saturated carbocycles. The predicted molar refractivity (Wildman–Crippen MR) is 117 cm³/mol. The Balaban J connectivity index is 1.43. The van der Waals surface area contributed by atoms with E-state index in [0.29, 0.717) is 11.3 Å². The fraction of sp³-hybridized carbons (Fsp3) is 0.545. The highest BCUT2D eigenvalue weighted by Gasteiger charge is 2.37. The Morgan fingerprint density at radius 1 is 1.10 bits per heavy atom. The van der Waals surface area contributed by atoms with Gasteiger partial charge in [0.25, 0.3) is 5.88 Å². The van der Waals surface area contributed by atoms with Crippen molar-refractivity contribution in [1.82, 2.24) is 10.2 Å². The minimum atomic E-state index is 0.286. The average molecular weight is 416 g/mol. The maximum absolute atomic E-state index is 6.35. The van der Waals surface area contributed by atoms with Crippen LogP contribution in [-0.2, 0) is 4.74 Å². The van der Waals surface area contributed by atoms with E-state index < -0.39 is 0 Å². The van der Waals surface area contributed by atoms with Crippen LogP contribution in [0.1, 0.15) is 38.5 Å². The summed E-state index contributed by atoms with van der Waals surface area (Å²) >= 11 is 1.49. The van der Waals surface area contributed by atoms with Gasteiger partial charge in [0.2, 0.25) is 0 Å². The molecule has 4 rings (SSSR count). The van der Waals surface area contributed by atoms with Gasteiger partial charge in [0, 0.05) is 25.0 Å². The van der Waals surface area contributed by atoms with Crippen molar-refractivity contribution in [2.24, 2.45) is 5.41 Å². The van der Waals surface area contributed by atoms with Gasteiger partial charge in [-0.05, 0) is 62.1 Å². The Hall–Kier alpha value is -1.99. The second kappa shape index (κ2) is 9.22. The molecule has 1 aromatic carbocycles. The summed E-state index contributed by atoms with van der Waals surface area (Å²) in [7, 11) is 1.60. The summed E-state index contributed by atoms with van der Waals surface area (Å²) in [5, 5.41) is 8.50. The van der Waals surface area contributed by atoms with Gasteiger partial charge < -0.3 is 18.9 Å². The van der Waals surface area contributed by atoms with Crippen molar-refractivity contribution < 1.29 is 14.2 Å². The van der Waals surface area contributed by atoms with Crippen LogP contribution in [-0.4, -0.2) is 42.9 Å². The number of hydrogen-bond donors (Lipinski definition) is 1. The van der Waals surface area contributed by atoms with E-state index in [0.717, 1.165) is 48.7 Å². The van der Waals surface area contributed by atoms with Crippen molar-refractivity contribution in [3.63, 3.8) is 0 Å². The SMILES string of the molecule is COc1nnc(-c2cccc(OC3CCC4(CCOCC4)CC3)c2)cc1NSC. The van der Waals surface area contributed by atoms with Gasteiger partial charge in [0.15, 0.2) is 0 Å². The number of nitrogens with one attached hydrogen (secondary N) is 1.